The molecule has 0 bridgehead atoms. The topological polar surface area (TPSA) is 64.4 Å². The first kappa shape index (κ1) is 17.5. The highest BCUT2D eigenvalue weighted by Gasteiger charge is 2.33. The van der Waals surface area contributed by atoms with Crippen molar-refractivity contribution in [3.63, 3.8) is 0 Å². The van der Waals surface area contributed by atoms with Crippen LogP contribution in [0.3, 0.4) is 0 Å². The van der Waals surface area contributed by atoms with Crippen LogP contribution in [0.5, 0.6) is 5.75 Å². The van der Waals surface area contributed by atoms with E-state index in [1.165, 1.54) is 11.6 Å². The van der Waals surface area contributed by atoms with Crippen molar-refractivity contribution in [3.8, 4) is 5.75 Å². The number of hydrogen-bond acceptors (Lipinski definition) is 4. The fraction of sp³-hybridized carbons (Fsp3) is 0.556. The van der Waals surface area contributed by atoms with Gasteiger partial charge in [0.15, 0.2) is 5.75 Å². The lowest BCUT2D eigenvalue weighted by Gasteiger charge is -2.41. The van der Waals surface area contributed by atoms with Gasteiger partial charge in [-0.15, -0.1) is 0 Å². The van der Waals surface area contributed by atoms with E-state index in [0.29, 0.717) is 5.75 Å². The van der Waals surface area contributed by atoms with Gasteiger partial charge >= 0.3 is 5.69 Å². The third kappa shape index (κ3) is 4.32. The zero-order chi connectivity index (χ0) is 17.4. The second-order valence-electron chi connectivity index (χ2n) is 7.68. The largest absolute Gasteiger partial charge is 0.484 e. The van der Waals surface area contributed by atoms with Gasteiger partial charge in [-0.05, 0) is 71.2 Å². The molecule has 0 amide bonds. The second kappa shape index (κ2) is 5.96. The SMILES string of the molecule is CC(C)Oc1cc(C2=CC(C)(C)NC(C)(C)C2)ccc1[N+](=O)[O-]. The molecule has 0 radical (unpaired) electrons. The quantitative estimate of drug-likeness (QED) is 0.663. The number of ether oxygens (including phenoxy) is 1. The summed E-state index contributed by atoms with van der Waals surface area (Å²) in [4.78, 5) is 10.8. The molecule has 1 aromatic carbocycles. The van der Waals surface area contributed by atoms with E-state index in [-0.39, 0.29) is 22.9 Å². The van der Waals surface area contributed by atoms with Crippen molar-refractivity contribution < 1.29 is 9.66 Å². The Morgan fingerprint density at radius 3 is 2.43 bits per heavy atom. The first-order valence-electron chi connectivity index (χ1n) is 7.96. The Balaban J connectivity index is 2.47. The molecule has 0 saturated heterocycles. The van der Waals surface area contributed by atoms with Crippen LogP contribution in [0.15, 0.2) is 24.3 Å². The predicted octanol–water partition coefficient (Wildman–Crippen LogP) is 4.32. The monoisotopic (exact) mass is 318 g/mol. The van der Waals surface area contributed by atoms with Crippen molar-refractivity contribution >= 4 is 11.3 Å². The third-order valence-electron chi connectivity index (χ3n) is 3.72. The third-order valence-corrected chi connectivity index (χ3v) is 3.72. The number of nitro groups is 1. The summed E-state index contributed by atoms with van der Waals surface area (Å²) in [7, 11) is 0. The summed E-state index contributed by atoms with van der Waals surface area (Å²) < 4.78 is 5.66. The Kier molecular flexibility index (Phi) is 4.53. The maximum atomic E-state index is 11.2. The van der Waals surface area contributed by atoms with E-state index in [1.54, 1.807) is 6.07 Å². The predicted molar refractivity (Wildman–Crippen MR) is 92.7 cm³/mol. The molecule has 5 nitrogen and oxygen atoms in total. The molecule has 0 unspecified atom stereocenters. The van der Waals surface area contributed by atoms with Crippen LogP contribution in [0.4, 0.5) is 5.69 Å². The average Bonchev–Trinajstić information content (AvgIpc) is 2.33. The lowest BCUT2D eigenvalue weighted by Crippen LogP contribution is -2.53. The van der Waals surface area contributed by atoms with Gasteiger partial charge in [0, 0.05) is 17.1 Å². The number of nitrogens with zero attached hydrogens (tertiary/aromatic N) is 1. The fourth-order valence-electron chi connectivity index (χ4n) is 3.31. The van der Waals surface area contributed by atoms with Gasteiger partial charge in [-0.25, -0.2) is 0 Å². The Labute approximate surface area is 137 Å². The van der Waals surface area contributed by atoms with Crippen LogP contribution in [-0.2, 0) is 0 Å². The molecule has 0 spiro atoms. The molecule has 2 rings (SSSR count). The molecule has 126 valence electrons. The number of hydrogen-bond donors (Lipinski definition) is 1. The van der Waals surface area contributed by atoms with Crippen molar-refractivity contribution in [1.82, 2.24) is 5.32 Å². The zero-order valence-corrected chi connectivity index (χ0v) is 14.8. The Hall–Kier alpha value is -1.88. The lowest BCUT2D eigenvalue weighted by atomic mass is 9.81. The van der Waals surface area contributed by atoms with Crippen LogP contribution in [-0.4, -0.2) is 22.1 Å². The Bertz CT molecular complexity index is 646. The first-order valence-corrected chi connectivity index (χ1v) is 7.96. The molecule has 23 heavy (non-hydrogen) atoms. The molecule has 0 fully saturated rings. The molecule has 1 heterocycles. The minimum atomic E-state index is -0.397. The van der Waals surface area contributed by atoms with Gasteiger partial charge in [-0.1, -0.05) is 6.08 Å². The molecule has 0 saturated carbocycles. The Morgan fingerprint density at radius 1 is 1.26 bits per heavy atom. The highest BCUT2D eigenvalue weighted by atomic mass is 16.6. The van der Waals surface area contributed by atoms with Crippen molar-refractivity contribution in [2.24, 2.45) is 0 Å². The normalized spacial score (nSPS) is 19.3. The summed E-state index contributed by atoms with van der Waals surface area (Å²) in [5, 5.41) is 14.8. The van der Waals surface area contributed by atoms with Gasteiger partial charge in [0.25, 0.3) is 0 Å². The maximum Gasteiger partial charge on any atom is 0.310 e. The van der Waals surface area contributed by atoms with E-state index in [0.717, 1.165) is 12.0 Å². The number of benzene rings is 1. The molecule has 0 aromatic heterocycles. The smallest absolute Gasteiger partial charge is 0.310 e. The first-order chi connectivity index (χ1) is 10.5. The van der Waals surface area contributed by atoms with Gasteiger partial charge in [0.2, 0.25) is 0 Å². The lowest BCUT2D eigenvalue weighted by molar-refractivity contribution is -0.386. The number of nitro benzene ring substituents is 1. The van der Waals surface area contributed by atoms with Gasteiger partial charge < -0.3 is 10.1 Å². The van der Waals surface area contributed by atoms with Gasteiger partial charge in [0.1, 0.15) is 0 Å². The summed E-state index contributed by atoms with van der Waals surface area (Å²) in [6.07, 6.45) is 2.94. The van der Waals surface area contributed by atoms with Crippen molar-refractivity contribution in [2.75, 3.05) is 0 Å². The molecule has 0 aliphatic carbocycles. The summed E-state index contributed by atoms with van der Waals surface area (Å²) in [6.45, 7) is 12.3. The number of rotatable bonds is 4. The molecule has 1 aliphatic rings. The Morgan fingerprint density at radius 2 is 1.91 bits per heavy atom. The van der Waals surface area contributed by atoms with Crippen LogP contribution >= 0.6 is 0 Å². The molecule has 1 aromatic rings. The van der Waals surface area contributed by atoms with Crippen LogP contribution in [0, 0.1) is 10.1 Å². The van der Waals surface area contributed by atoms with Gasteiger partial charge in [0.05, 0.1) is 11.0 Å². The second-order valence-corrected chi connectivity index (χ2v) is 7.68. The molecule has 0 atom stereocenters. The standard InChI is InChI=1S/C18H26N2O3/c1-12(2)23-16-9-13(7-8-15(16)20(21)22)14-10-17(3,4)19-18(5,6)11-14/h7-10,12,19H,11H2,1-6H3. The maximum absolute atomic E-state index is 11.2. The molecular weight excluding hydrogens is 292 g/mol. The summed E-state index contributed by atoms with van der Waals surface area (Å²) in [5.74, 6) is 0.331. The van der Waals surface area contributed by atoms with Crippen molar-refractivity contribution in [1.29, 1.82) is 0 Å². The van der Waals surface area contributed by atoms with Crippen LogP contribution in [0.1, 0.15) is 53.5 Å². The zero-order valence-electron chi connectivity index (χ0n) is 14.8. The van der Waals surface area contributed by atoms with Crippen molar-refractivity contribution in [3.05, 3.63) is 40.0 Å². The van der Waals surface area contributed by atoms with E-state index < -0.39 is 4.92 Å². The fourth-order valence-corrected chi connectivity index (χ4v) is 3.31. The highest BCUT2D eigenvalue weighted by molar-refractivity contribution is 5.71. The van der Waals surface area contributed by atoms with Crippen molar-refractivity contribution in [2.45, 2.75) is 65.1 Å². The van der Waals surface area contributed by atoms with Crippen LogP contribution in [0.2, 0.25) is 0 Å². The van der Waals surface area contributed by atoms with E-state index in [2.05, 4.69) is 39.1 Å². The highest BCUT2D eigenvalue weighted by Crippen LogP contribution is 2.37. The van der Waals surface area contributed by atoms with E-state index in [1.807, 2.05) is 19.9 Å². The van der Waals surface area contributed by atoms with Crippen LogP contribution < -0.4 is 10.1 Å². The van der Waals surface area contributed by atoms with E-state index in [4.69, 9.17) is 4.74 Å². The summed E-state index contributed by atoms with van der Waals surface area (Å²) >= 11 is 0. The summed E-state index contributed by atoms with van der Waals surface area (Å²) in [6, 6.07) is 5.14. The minimum absolute atomic E-state index is 0.00973. The minimum Gasteiger partial charge on any atom is -0.484 e. The summed E-state index contributed by atoms with van der Waals surface area (Å²) in [5.41, 5.74) is 2.01. The van der Waals surface area contributed by atoms with Gasteiger partial charge in [-0.2, -0.15) is 0 Å². The van der Waals surface area contributed by atoms with Gasteiger partial charge in [-0.3, -0.25) is 10.1 Å². The molecular formula is C18H26N2O3. The molecule has 1 N–H and O–H groups in total. The van der Waals surface area contributed by atoms with E-state index >= 15 is 0 Å². The molecule has 1 aliphatic heterocycles. The average molecular weight is 318 g/mol. The van der Waals surface area contributed by atoms with Crippen LogP contribution in [0.25, 0.3) is 5.57 Å². The van der Waals surface area contributed by atoms with E-state index in [9.17, 15) is 10.1 Å². The molecule has 5 heteroatoms. The number of nitrogens with one attached hydrogen (secondary N) is 1.